The van der Waals surface area contributed by atoms with Gasteiger partial charge in [0.05, 0.1) is 0 Å². The Kier molecular flexibility index (Phi) is 4.70. The summed E-state index contributed by atoms with van der Waals surface area (Å²) in [6.07, 6.45) is 0. The van der Waals surface area contributed by atoms with Gasteiger partial charge in [-0.2, -0.15) is 39.2 Å². The molecule has 0 aromatic carbocycles. The van der Waals surface area contributed by atoms with Crippen molar-refractivity contribution in [2.45, 2.75) is 42.9 Å². The Hall–Kier alpha value is -0.760. The monoisotopic (exact) mass is 358 g/mol. The molecule has 0 spiro atoms. The highest BCUT2D eigenvalue weighted by Crippen LogP contribution is 2.54. The van der Waals surface area contributed by atoms with E-state index in [9.17, 15) is 47.9 Å². The molecule has 1 N–H and O–H groups in total. The fraction of sp³-hybridized carbons (Fsp3) is 1.00. The highest BCUT2D eigenvalue weighted by Gasteiger charge is 2.80. The Bertz CT molecular complexity index is 491. The first-order chi connectivity index (χ1) is 8.71. The molecule has 4 nitrogen and oxygen atoms in total. The van der Waals surface area contributed by atoms with Crippen molar-refractivity contribution in [2.75, 3.05) is 0 Å². The van der Waals surface area contributed by atoms with Gasteiger partial charge in [-0.3, -0.25) is 9.29 Å². The molecule has 0 rings (SSSR count). The van der Waals surface area contributed by atoms with Crippen LogP contribution >= 0.6 is 0 Å². The van der Waals surface area contributed by atoms with Gasteiger partial charge in [0.15, 0.2) is 0 Å². The van der Waals surface area contributed by atoms with E-state index >= 15 is 0 Å². The Morgan fingerprint density at radius 3 is 1.33 bits per heavy atom. The van der Waals surface area contributed by atoms with Gasteiger partial charge >= 0.3 is 39.2 Å². The van der Waals surface area contributed by atoms with Gasteiger partial charge < -0.3 is 0 Å². The van der Waals surface area contributed by atoms with Crippen molar-refractivity contribution in [1.82, 2.24) is 0 Å². The predicted octanol–water partition coefficient (Wildman–Crippen LogP) is 3.05. The Morgan fingerprint density at radius 1 is 0.810 bits per heavy atom. The van der Waals surface area contributed by atoms with Crippen LogP contribution in [0.15, 0.2) is 0 Å². The van der Waals surface area contributed by atoms with Crippen LogP contribution in [0.3, 0.4) is 0 Å². The Labute approximate surface area is 111 Å². The van der Waals surface area contributed by atoms with Gasteiger partial charge in [-0.1, -0.05) is 0 Å². The zero-order valence-corrected chi connectivity index (χ0v) is 10.8. The molecule has 0 fully saturated rings. The molecule has 0 saturated carbocycles. The normalized spacial score (nSPS) is 18.5. The van der Waals surface area contributed by atoms with Gasteiger partial charge in [-0.05, 0) is 0 Å². The molecule has 0 radical (unpaired) electrons. The van der Waals surface area contributed by atoms with Gasteiger partial charge in [0.25, 0.3) is 0 Å². The van der Waals surface area contributed by atoms with Gasteiger partial charge in [-0.25, -0.2) is 8.78 Å². The standard InChI is InChI=1S/C7H7F9O4S/c1-3(8,9)5(12,13)6(14,4(2,10)11)20-7(15,16)21(17,18)19/h1-2H3,(H,17,18,19). The number of alkyl halides is 9. The third-order valence-corrected chi connectivity index (χ3v) is 2.76. The summed E-state index contributed by atoms with van der Waals surface area (Å²) >= 11 is 0. The second-order valence-electron chi connectivity index (χ2n) is 3.99. The van der Waals surface area contributed by atoms with Crippen molar-refractivity contribution >= 4 is 10.1 Å². The topological polar surface area (TPSA) is 63.6 Å². The first kappa shape index (κ1) is 20.2. The van der Waals surface area contributed by atoms with Crippen molar-refractivity contribution in [3.63, 3.8) is 0 Å². The summed E-state index contributed by atoms with van der Waals surface area (Å²) in [7, 11) is -6.81. The molecule has 0 aliphatic rings. The summed E-state index contributed by atoms with van der Waals surface area (Å²) in [6, 6.07) is 0. The zero-order valence-electron chi connectivity index (χ0n) is 9.98. The fourth-order valence-electron chi connectivity index (χ4n) is 0.928. The molecule has 0 amide bonds. The van der Waals surface area contributed by atoms with Crippen LogP contribution in [0, 0.1) is 0 Å². The zero-order chi connectivity index (χ0) is 17.7. The summed E-state index contributed by atoms with van der Waals surface area (Å²) in [6.45, 7) is -1.62. The van der Waals surface area contributed by atoms with E-state index in [2.05, 4.69) is 4.74 Å². The lowest BCUT2D eigenvalue weighted by molar-refractivity contribution is -0.438. The summed E-state index contributed by atoms with van der Waals surface area (Å²) < 4.78 is 146. The summed E-state index contributed by atoms with van der Waals surface area (Å²) in [5.74, 6) is -24.4. The molecule has 0 bridgehead atoms. The van der Waals surface area contributed by atoms with Crippen LogP contribution in [0.25, 0.3) is 0 Å². The average molecular weight is 358 g/mol. The van der Waals surface area contributed by atoms with Gasteiger partial charge in [0.2, 0.25) is 0 Å². The smallest absolute Gasteiger partial charge is 0.279 e. The highest BCUT2D eigenvalue weighted by atomic mass is 32.2. The largest absolute Gasteiger partial charge is 0.490 e. The fourth-order valence-corrected chi connectivity index (χ4v) is 1.15. The van der Waals surface area contributed by atoms with Crippen LogP contribution < -0.4 is 0 Å². The lowest BCUT2D eigenvalue weighted by Gasteiger charge is -2.40. The lowest BCUT2D eigenvalue weighted by atomic mass is 9.99. The molecular weight excluding hydrogens is 351 g/mol. The van der Waals surface area contributed by atoms with E-state index < -0.39 is 53.0 Å². The second kappa shape index (κ2) is 4.87. The summed E-state index contributed by atoms with van der Waals surface area (Å²) in [4.78, 5) is 0. The van der Waals surface area contributed by atoms with Gasteiger partial charge in [-0.15, -0.1) is 0 Å². The molecule has 0 aliphatic heterocycles. The van der Waals surface area contributed by atoms with Gasteiger partial charge in [0, 0.05) is 13.8 Å². The van der Waals surface area contributed by atoms with Crippen molar-refractivity contribution in [3.8, 4) is 0 Å². The Balaban J connectivity index is 6.20. The van der Waals surface area contributed by atoms with E-state index in [0.29, 0.717) is 0 Å². The molecule has 0 aromatic rings. The summed E-state index contributed by atoms with van der Waals surface area (Å²) in [5, 5.41) is 0. The van der Waals surface area contributed by atoms with E-state index in [-0.39, 0.29) is 0 Å². The molecule has 1 unspecified atom stereocenters. The third kappa shape index (κ3) is 3.36. The van der Waals surface area contributed by atoms with Crippen LogP contribution in [-0.2, 0) is 14.9 Å². The molecule has 0 aromatic heterocycles. The first-order valence-corrected chi connectivity index (χ1v) is 6.02. The van der Waals surface area contributed by atoms with Crippen molar-refractivity contribution in [1.29, 1.82) is 0 Å². The Morgan fingerprint density at radius 2 is 1.14 bits per heavy atom. The molecule has 1 atom stereocenters. The molecule has 0 heterocycles. The van der Waals surface area contributed by atoms with E-state index in [1.54, 1.807) is 0 Å². The van der Waals surface area contributed by atoms with Gasteiger partial charge in [0.1, 0.15) is 0 Å². The molecule has 0 aliphatic carbocycles. The quantitative estimate of drug-likeness (QED) is 0.586. The lowest BCUT2D eigenvalue weighted by Crippen LogP contribution is -2.66. The molecule has 21 heavy (non-hydrogen) atoms. The number of rotatable bonds is 6. The van der Waals surface area contributed by atoms with Crippen LogP contribution in [-0.4, -0.2) is 42.0 Å². The molecule has 14 heteroatoms. The van der Waals surface area contributed by atoms with Crippen molar-refractivity contribution in [2.24, 2.45) is 0 Å². The molecule has 0 saturated heterocycles. The number of hydrogen-bond donors (Lipinski definition) is 1. The second-order valence-corrected chi connectivity index (χ2v) is 5.41. The predicted molar refractivity (Wildman–Crippen MR) is 47.6 cm³/mol. The molecule has 128 valence electrons. The van der Waals surface area contributed by atoms with E-state index in [4.69, 9.17) is 4.55 Å². The van der Waals surface area contributed by atoms with Crippen molar-refractivity contribution in [3.05, 3.63) is 0 Å². The van der Waals surface area contributed by atoms with Crippen LogP contribution in [0.1, 0.15) is 13.8 Å². The third-order valence-electron chi connectivity index (χ3n) is 2.08. The van der Waals surface area contributed by atoms with E-state index in [1.807, 2.05) is 0 Å². The summed E-state index contributed by atoms with van der Waals surface area (Å²) in [5.41, 5.74) is -6.34. The maximum Gasteiger partial charge on any atom is 0.490 e. The minimum absolute atomic E-state index is 0.790. The maximum atomic E-state index is 13.5. The van der Waals surface area contributed by atoms with Crippen LogP contribution in [0.5, 0.6) is 0 Å². The number of ether oxygens (including phenoxy) is 1. The number of halogens is 9. The average Bonchev–Trinajstić information content (AvgIpc) is 2.10. The maximum absolute atomic E-state index is 13.5. The SMILES string of the molecule is CC(F)(F)C(F)(F)C(F)(OC(F)(F)S(=O)(=O)O)C(C)(F)F. The molecular formula is C7H7F9O4S. The highest BCUT2D eigenvalue weighted by molar-refractivity contribution is 7.86. The van der Waals surface area contributed by atoms with E-state index in [0.717, 1.165) is 0 Å². The minimum atomic E-state index is -6.81. The van der Waals surface area contributed by atoms with Crippen LogP contribution in [0.4, 0.5) is 39.5 Å². The number of hydrogen-bond acceptors (Lipinski definition) is 3. The van der Waals surface area contributed by atoms with Crippen molar-refractivity contribution < 1.29 is 57.2 Å². The van der Waals surface area contributed by atoms with Crippen LogP contribution in [0.2, 0.25) is 0 Å². The first-order valence-electron chi connectivity index (χ1n) is 4.58. The van der Waals surface area contributed by atoms with E-state index in [1.165, 1.54) is 0 Å². The minimum Gasteiger partial charge on any atom is -0.279 e.